The zero-order chi connectivity index (χ0) is 13.0. The normalized spacial score (nSPS) is 10.3. The van der Waals surface area contributed by atoms with E-state index in [1.54, 1.807) is 19.1 Å². The molecule has 1 heterocycles. The summed E-state index contributed by atoms with van der Waals surface area (Å²) in [6.45, 7) is 1.54. The maximum atomic E-state index is 11.2. The van der Waals surface area contributed by atoms with Crippen LogP contribution in [0.4, 0.5) is 0 Å². The van der Waals surface area contributed by atoms with Crippen LogP contribution in [0.5, 0.6) is 0 Å². The predicted octanol–water partition coefficient (Wildman–Crippen LogP) is 3.28. The molecular formula is C15H14O3. The van der Waals surface area contributed by atoms with Crippen molar-refractivity contribution in [2.75, 3.05) is 0 Å². The molecule has 3 nitrogen and oxygen atoms in total. The summed E-state index contributed by atoms with van der Waals surface area (Å²) in [4.78, 5) is 21.4. The molecule has 0 amide bonds. The summed E-state index contributed by atoms with van der Waals surface area (Å²) in [6.07, 6.45) is 1.97. The number of carbonyl (C=O) groups excluding carboxylic acids is 2. The smallest absolute Gasteiger partial charge is 0.159 e. The third-order valence-electron chi connectivity index (χ3n) is 2.75. The zero-order valence-electron chi connectivity index (χ0n) is 10.2. The lowest BCUT2D eigenvalue weighted by Gasteiger charge is -1.99. The number of hydrogen-bond donors (Lipinski definition) is 0. The topological polar surface area (TPSA) is 47.3 Å². The van der Waals surface area contributed by atoms with Crippen LogP contribution in [0.1, 0.15) is 29.5 Å². The number of hydrogen-bond acceptors (Lipinski definition) is 3. The fraction of sp³-hybridized carbons (Fsp3) is 0.200. The Morgan fingerprint density at radius 1 is 1.17 bits per heavy atom. The molecule has 0 spiro atoms. The first-order chi connectivity index (χ1) is 8.70. The number of aryl methyl sites for hydroxylation is 1. The van der Waals surface area contributed by atoms with E-state index in [0.29, 0.717) is 18.4 Å². The molecule has 18 heavy (non-hydrogen) atoms. The molecule has 0 aliphatic rings. The summed E-state index contributed by atoms with van der Waals surface area (Å²) in [6, 6.07) is 11.0. The number of furan rings is 1. The first-order valence-electron chi connectivity index (χ1n) is 5.84. The van der Waals surface area contributed by atoms with Gasteiger partial charge in [-0.3, -0.25) is 4.79 Å². The Hall–Kier alpha value is -2.16. The van der Waals surface area contributed by atoms with Gasteiger partial charge in [-0.1, -0.05) is 24.3 Å². The number of carbonyl (C=O) groups is 2. The lowest BCUT2D eigenvalue weighted by molar-refractivity contribution is -0.107. The minimum atomic E-state index is 0.0488. The van der Waals surface area contributed by atoms with Gasteiger partial charge < -0.3 is 9.21 Å². The summed E-state index contributed by atoms with van der Waals surface area (Å²) in [5.74, 6) is 1.60. The quantitative estimate of drug-likeness (QED) is 0.597. The van der Waals surface area contributed by atoms with Gasteiger partial charge in [-0.05, 0) is 19.1 Å². The van der Waals surface area contributed by atoms with Gasteiger partial charge in [0.25, 0.3) is 0 Å². The standard InChI is InChI=1S/C15H14O3/c1-11(17)12-4-6-13(7-5-12)15-9-8-14(18-15)3-2-10-16/h4-10H,2-3H2,1H3. The van der Waals surface area contributed by atoms with Crippen LogP contribution in [0.15, 0.2) is 40.8 Å². The summed E-state index contributed by atoms with van der Waals surface area (Å²) >= 11 is 0. The maximum Gasteiger partial charge on any atom is 0.159 e. The molecule has 0 atom stereocenters. The Morgan fingerprint density at radius 2 is 1.89 bits per heavy atom. The Bertz CT molecular complexity index is 549. The molecule has 2 rings (SSSR count). The molecular weight excluding hydrogens is 228 g/mol. The first kappa shape index (κ1) is 12.3. The van der Waals surface area contributed by atoms with Crippen molar-refractivity contribution >= 4 is 12.1 Å². The predicted molar refractivity (Wildman–Crippen MR) is 68.5 cm³/mol. The number of Topliss-reactive ketones (excluding diaryl/α,β-unsaturated/α-hetero) is 1. The second kappa shape index (κ2) is 5.45. The van der Waals surface area contributed by atoms with Crippen LogP contribution in [-0.2, 0) is 11.2 Å². The van der Waals surface area contributed by atoms with E-state index in [2.05, 4.69) is 0 Å². The van der Waals surface area contributed by atoms with E-state index >= 15 is 0 Å². The molecule has 0 radical (unpaired) electrons. The highest BCUT2D eigenvalue weighted by molar-refractivity contribution is 5.94. The van der Waals surface area contributed by atoms with Gasteiger partial charge in [0.05, 0.1) is 0 Å². The zero-order valence-corrected chi connectivity index (χ0v) is 10.2. The second-order valence-electron chi connectivity index (χ2n) is 4.10. The molecule has 0 aliphatic carbocycles. The molecule has 0 aliphatic heterocycles. The molecule has 3 heteroatoms. The second-order valence-corrected chi connectivity index (χ2v) is 4.10. The van der Waals surface area contributed by atoms with Crippen molar-refractivity contribution in [1.82, 2.24) is 0 Å². The highest BCUT2D eigenvalue weighted by Crippen LogP contribution is 2.23. The highest BCUT2D eigenvalue weighted by Gasteiger charge is 2.05. The van der Waals surface area contributed by atoms with Crippen LogP contribution in [0.25, 0.3) is 11.3 Å². The summed E-state index contributed by atoms with van der Waals surface area (Å²) in [5.41, 5.74) is 1.61. The molecule has 2 aromatic rings. The van der Waals surface area contributed by atoms with Gasteiger partial charge in [-0.25, -0.2) is 0 Å². The molecule has 1 aromatic carbocycles. The van der Waals surface area contributed by atoms with Gasteiger partial charge in [-0.15, -0.1) is 0 Å². The van der Waals surface area contributed by atoms with Crippen molar-refractivity contribution in [3.63, 3.8) is 0 Å². The lowest BCUT2D eigenvalue weighted by Crippen LogP contribution is -1.90. The van der Waals surface area contributed by atoms with Gasteiger partial charge in [0.15, 0.2) is 5.78 Å². The van der Waals surface area contributed by atoms with Crippen LogP contribution < -0.4 is 0 Å². The Balaban J connectivity index is 2.18. The van der Waals surface area contributed by atoms with E-state index in [1.807, 2.05) is 24.3 Å². The fourth-order valence-electron chi connectivity index (χ4n) is 1.74. The summed E-state index contributed by atoms with van der Waals surface area (Å²) in [5, 5.41) is 0. The lowest BCUT2D eigenvalue weighted by atomic mass is 10.1. The molecule has 0 bridgehead atoms. The van der Waals surface area contributed by atoms with E-state index in [9.17, 15) is 9.59 Å². The van der Waals surface area contributed by atoms with Crippen LogP contribution >= 0.6 is 0 Å². The van der Waals surface area contributed by atoms with Crippen LogP contribution in [0.3, 0.4) is 0 Å². The molecule has 0 saturated carbocycles. The van der Waals surface area contributed by atoms with Crippen molar-refractivity contribution in [1.29, 1.82) is 0 Å². The van der Waals surface area contributed by atoms with E-state index in [-0.39, 0.29) is 5.78 Å². The molecule has 0 unspecified atom stereocenters. The average Bonchev–Trinajstić information content (AvgIpc) is 2.85. The van der Waals surface area contributed by atoms with Crippen molar-refractivity contribution in [2.45, 2.75) is 19.8 Å². The van der Waals surface area contributed by atoms with Crippen molar-refractivity contribution in [2.24, 2.45) is 0 Å². The Kier molecular flexibility index (Phi) is 3.72. The minimum Gasteiger partial charge on any atom is -0.461 e. The number of aldehydes is 1. The van der Waals surface area contributed by atoms with Gasteiger partial charge in [0.1, 0.15) is 17.8 Å². The summed E-state index contributed by atoms with van der Waals surface area (Å²) in [7, 11) is 0. The SMILES string of the molecule is CC(=O)c1ccc(-c2ccc(CCC=O)o2)cc1. The highest BCUT2D eigenvalue weighted by atomic mass is 16.3. The van der Waals surface area contributed by atoms with E-state index < -0.39 is 0 Å². The Morgan fingerprint density at radius 3 is 2.50 bits per heavy atom. The molecule has 0 N–H and O–H groups in total. The van der Waals surface area contributed by atoms with Gasteiger partial charge in [0.2, 0.25) is 0 Å². The molecule has 1 aromatic heterocycles. The van der Waals surface area contributed by atoms with Crippen molar-refractivity contribution in [3.8, 4) is 11.3 Å². The first-order valence-corrected chi connectivity index (χ1v) is 5.84. The average molecular weight is 242 g/mol. The fourth-order valence-corrected chi connectivity index (χ4v) is 1.74. The Labute approximate surface area is 105 Å². The van der Waals surface area contributed by atoms with Gasteiger partial charge in [-0.2, -0.15) is 0 Å². The van der Waals surface area contributed by atoms with Crippen molar-refractivity contribution in [3.05, 3.63) is 47.7 Å². The third kappa shape index (κ3) is 2.74. The van der Waals surface area contributed by atoms with Crippen LogP contribution in [0, 0.1) is 0 Å². The largest absolute Gasteiger partial charge is 0.461 e. The third-order valence-corrected chi connectivity index (χ3v) is 2.75. The van der Waals surface area contributed by atoms with E-state index in [4.69, 9.17) is 4.42 Å². The monoisotopic (exact) mass is 242 g/mol. The maximum absolute atomic E-state index is 11.2. The number of ketones is 1. The van der Waals surface area contributed by atoms with Gasteiger partial charge in [0, 0.05) is 24.0 Å². The number of benzene rings is 1. The van der Waals surface area contributed by atoms with Gasteiger partial charge >= 0.3 is 0 Å². The van der Waals surface area contributed by atoms with E-state index in [0.717, 1.165) is 23.4 Å². The molecule has 0 fully saturated rings. The van der Waals surface area contributed by atoms with Crippen LogP contribution in [-0.4, -0.2) is 12.1 Å². The minimum absolute atomic E-state index is 0.0488. The molecule has 0 saturated heterocycles. The van der Waals surface area contributed by atoms with E-state index in [1.165, 1.54) is 0 Å². The van der Waals surface area contributed by atoms with Crippen LogP contribution in [0.2, 0.25) is 0 Å². The number of rotatable bonds is 5. The van der Waals surface area contributed by atoms with Crippen molar-refractivity contribution < 1.29 is 14.0 Å². The molecule has 92 valence electrons. The summed E-state index contributed by atoms with van der Waals surface area (Å²) < 4.78 is 5.63.